The smallest absolute Gasteiger partial charge is 0.220 e. The molecule has 1 atom stereocenters. The first-order valence-corrected chi connectivity index (χ1v) is 9.56. The fourth-order valence-corrected chi connectivity index (χ4v) is 3.87. The predicted molar refractivity (Wildman–Crippen MR) is 108 cm³/mol. The van der Waals surface area contributed by atoms with Crippen molar-refractivity contribution < 1.29 is 0 Å². The Balaban J connectivity index is 1.60. The summed E-state index contributed by atoms with van der Waals surface area (Å²) in [5, 5.41) is 0.719. The molecule has 5 nitrogen and oxygen atoms in total. The van der Waals surface area contributed by atoms with Gasteiger partial charge in [0.05, 0.1) is 5.69 Å². The standard InChI is InChI=1S/C21H22ClN5/c22-18-7-5-16(6-8-18)19-12-25-21(23)26-20(19)17-4-2-10-27(14-17)13-15-3-1-9-24-11-15/h1,3,5-9,11-12,17H,2,4,10,13-14H2,(H2,23,25,26). The lowest BCUT2D eigenvalue weighted by Gasteiger charge is -2.33. The summed E-state index contributed by atoms with van der Waals surface area (Å²) in [5.41, 5.74) is 10.3. The molecule has 2 aromatic heterocycles. The third-order valence-corrected chi connectivity index (χ3v) is 5.27. The van der Waals surface area contributed by atoms with E-state index in [0.717, 1.165) is 54.3 Å². The maximum atomic E-state index is 6.05. The highest BCUT2D eigenvalue weighted by Crippen LogP contribution is 2.34. The first-order valence-electron chi connectivity index (χ1n) is 9.18. The Morgan fingerprint density at radius 3 is 2.78 bits per heavy atom. The van der Waals surface area contributed by atoms with Gasteiger partial charge >= 0.3 is 0 Å². The average molecular weight is 380 g/mol. The first kappa shape index (κ1) is 17.9. The van der Waals surface area contributed by atoms with E-state index in [9.17, 15) is 0 Å². The molecule has 0 radical (unpaired) electrons. The molecule has 4 rings (SSSR count). The fraction of sp³-hybridized carbons (Fsp3) is 0.286. The summed E-state index contributed by atoms with van der Waals surface area (Å²) in [7, 11) is 0. The second-order valence-electron chi connectivity index (χ2n) is 6.97. The van der Waals surface area contributed by atoms with Crippen molar-refractivity contribution >= 4 is 17.5 Å². The van der Waals surface area contributed by atoms with Gasteiger partial charge < -0.3 is 5.73 Å². The molecule has 1 fully saturated rings. The number of piperidine rings is 1. The first-order chi connectivity index (χ1) is 13.2. The van der Waals surface area contributed by atoms with Crippen LogP contribution in [0.2, 0.25) is 5.02 Å². The van der Waals surface area contributed by atoms with E-state index in [4.69, 9.17) is 17.3 Å². The third kappa shape index (κ3) is 4.26. The monoisotopic (exact) mass is 379 g/mol. The van der Waals surface area contributed by atoms with Gasteiger partial charge in [-0.1, -0.05) is 29.8 Å². The van der Waals surface area contributed by atoms with Gasteiger partial charge in [0.2, 0.25) is 5.95 Å². The van der Waals surface area contributed by atoms with Gasteiger partial charge in [0.25, 0.3) is 0 Å². The molecule has 3 aromatic rings. The zero-order valence-electron chi connectivity index (χ0n) is 15.1. The molecule has 6 heteroatoms. The van der Waals surface area contributed by atoms with E-state index in [-0.39, 0.29) is 0 Å². The van der Waals surface area contributed by atoms with Crippen molar-refractivity contribution in [2.24, 2.45) is 0 Å². The van der Waals surface area contributed by atoms with E-state index >= 15 is 0 Å². The second-order valence-corrected chi connectivity index (χ2v) is 7.41. The molecular weight excluding hydrogens is 358 g/mol. The van der Waals surface area contributed by atoms with Crippen molar-refractivity contribution in [1.82, 2.24) is 19.9 Å². The van der Waals surface area contributed by atoms with Crippen LogP contribution in [0.15, 0.2) is 55.0 Å². The van der Waals surface area contributed by atoms with Gasteiger partial charge in [0.1, 0.15) is 0 Å². The van der Waals surface area contributed by atoms with Crippen LogP contribution in [0, 0.1) is 0 Å². The van der Waals surface area contributed by atoms with Crippen molar-refractivity contribution in [2.75, 3.05) is 18.8 Å². The number of benzene rings is 1. The number of nitrogen functional groups attached to an aromatic ring is 1. The zero-order valence-corrected chi connectivity index (χ0v) is 15.8. The third-order valence-electron chi connectivity index (χ3n) is 5.01. The number of aromatic nitrogens is 3. The van der Waals surface area contributed by atoms with Gasteiger partial charge in [0.15, 0.2) is 0 Å². The van der Waals surface area contributed by atoms with Crippen LogP contribution in [0.5, 0.6) is 0 Å². The molecule has 2 N–H and O–H groups in total. The maximum Gasteiger partial charge on any atom is 0.220 e. The number of halogens is 1. The second kappa shape index (κ2) is 8.03. The summed E-state index contributed by atoms with van der Waals surface area (Å²) in [6, 6.07) is 11.9. The van der Waals surface area contributed by atoms with Crippen LogP contribution in [-0.2, 0) is 6.54 Å². The van der Waals surface area contributed by atoms with Crippen LogP contribution in [0.25, 0.3) is 11.1 Å². The van der Waals surface area contributed by atoms with Crippen molar-refractivity contribution in [3.05, 3.63) is 71.3 Å². The van der Waals surface area contributed by atoms with E-state index in [1.807, 2.05) is 48.9 Å². The van der Waals surface area contributed by atoms with Gasteiger partial charge in [-0.2, -0.15) is 0 Å². The highest BCUT2D eigenvalue weighted by molar-refractivity contribution is 6.30. The molecule has 1 unspecified atom stereocenters. The Hall–Kier alpha value is -2.50. The van der Waals surface area contributed by atoms with Crippen LogP contribution >= 0.6 is 11.6 Å². The average Bonchev–Trinajstić information content (AvgIpc) is 2.70. The van der Waals surface area contributed by atoms with Crippen molar-refractivity contribution in [3.63, 3.8) is 0 Å². The Kier molecular flexibility index (Phi) is 5.32. The normalized spacial score (nSPS) is 17.7. The highest BCUT2D eigenvalue weighted by Gasteiger charge is 2.25. The number of rotatable bonds is 4. The highest BCUT2D eigenvalue weighted by atomic mass is 35.5. The Bertz CT molecular complexity index is 898. The molecule has 27 heavy (non-hydrogen) atoms. The molecule has 0 aliphatic carbocycles. The Morgan fingerprint density at radius 2 is 2.00 bits per heavy atom. The summed E-state index contributed by atoms with van der Waals surface area (Å²) >= 11 is 6.05. The molecule has 138 valence electrons. The summed E-state index contributed by atoms with van der Waals surface area (Å²) in [4.78, 5) is 15.6. The van der Waals surface area contributed by atoms with E-state index in [1.54, 1.807) is 0 Å². The number of hydrogen-bond donors (Lipinski definition) is 1. The van der Waals surface area contributed by atoms with Crippen molar-refractivity contribution in [3.8, 4) is 11.1 Å². The van der Waals surface area contributed by atoms with Gasteiger partial charge in [-0.05, 0) is 48.7 Å². The molecule has 1 aliphatic heterocycles. The van der Waals surface area contributed by atoms with Crippen LogP contribution in [0.4, 0.5) is 5.95 Å². The van der Waals surface area contributed by atoms with Gasteiger partial charge in [0, 0.05) is 48.2 Å². The van der Waals surface area contributed by atoms with Gasteiger partial charge in [-0.3, -0.25) is 9.88 Å². The van der Waals surface area contributed by atoms with Gasteiger partial charge in [-0.15, -0.1) is 0 Å². The lowest BCUT2D eigenvalue weighted by Crippen LogP contribution is -2.34. The molecule has 1 aliphatic rings. The quantitative estimate of drug-likeness (QED) is 0.737. The minimum Gasteiger partial charge on any atom is -0.368 e. The van der Waals surface area contributed by atoms with E-state index in [1.165, 1.54) is 5.56 Å². The largest absolute Gasteiger partial charge is 0.368 e. The van der Waals surface area contributed by atoms with Crippen molar-refractivity contribution in [2.45, 2.75) is 25.3 Å². The number of hydrogen-bond acceptors (Lipinski definition) is 5. The topological polar surface area (TPSA) is 67.9 Å². The summed E-state index contributed by atoms with van der Waals surface area (Å²) in [6.07, 6.45) is 7.81. The molecule has 1 aromatic carbocycles. The zero-order chi connectivity index (χ0) is 18.6. The number of nitrogens with two attached hydrogens (primary N) is 1. The number of pyridine rings is 1. The number of anilines is 1. The summed E-state index contributed by atoms with van der Waals surface area (Å²) in [6.45, 7) is 2.94. The van der Waals surface area contributed by atoms with Crippen LogP contribution in [-0.4, -0.2) is 32.9 Å². The van der Waals surface area contributed by atoms with E-state index < -0.39 is 0 Å². The van der Waals surface area contributed by atoms with E-state index in [2.05, 4.69) is 25.9 Å². The number of nitrogens with zero attached hydrogens (tertiary/aromatic N) is 4. The van der Waals surface area contributed by atoms with Gasteiger partial charge in [-0.25, -0.2) is 9.97 Å². The lowest BCUT2D eigenvalue weighted by molar-refractivity contribution is 0.198. The van der Waals surface area contributed by atoms with Crippen LogP contribution < -0.4 is 5.73 Å². The molecule has 1 saturated heterocycles. The minimum absolute atomic E-state index is 0.325. The Labute approximate surface area is 164 Å². The SMILES string of the molecule is Nc1ncc(-c2ccc(Cl)cc2)c(C2CCCN(Cc3cccnc3)C2)n1. The molecule has 0 bridgehead atoms. The Morgan fingerprint density at radius 1 is 1.15 bits per heavy atom. The van der Waals surface area contributed by atoms with Crippen LogP contribution in [0.1, 0.15) is 30.0 Å². The maximum absolute atomic E-state index is 6.05. The molecular formula is C21H22ClN5. The van der Waals surface area contributed by atoms with E-state index in [0.29, 0.717) is 11.9 Å². The minimum atomic E-state index is 0.325. The molecule has 0 amide bonds. The lowest BCUT2D eigenvalue weighted by atomic mass is 9.90. The molecule has 0 spiro atoms. The van der Waals surface area contributed by atoms with Crippen LogP contribution in [0.3, 0.4) is 0 Å². The molecule has 3 heterocycles. The van der Waals surface area contributed by atoms with Crippen molar-refractivity contribution in [1.29, 1.82) is 0 Å². The number of likely N-dealkylation sites (tertiary alicyclic amines) is 1. The summed E-state index contributed by atoms with van der Waals surface area (Å²) in [5.74, 6) is 0.651. The molecule has 0 saturated carbocycles. The summed E-state index contributed by atoms with van der Waals surface area (Å²) < 4.78 is 0. The fourth-order valence-electron chi connectivity index (χ4n) is 3.74. The predicted octanol–water partition coefficient (Wildman–Crippen LogP) is 4.15.